The van der Waals surface area contributed by atoms with Gasteiger partial charge in [-0.05, 0) is 73.2 Å². The molecule has 0 saturated heterocycles. The number of aliphatic imine (C=N–C) groups is 4. The Kier molecular flexibility index (Phi) is 4.65. The summed E-state index contributed by atoms with van der Waals surface area (Å²) in [6.07, 6.45) is 19.9. The molecule has 5 heteroatoms. The average molecular weight is 428 g/mol. The lowest BCUT2D eigenvalue weighted by atomic mass is 10.00. The van der Waals surface area contributed by atoms with E-state index < -0.39 is 0 Å². The van der Waals surface area contributed by atoms with Gasteiger partial charge in [0, 0.05) is 0 Å². The fraction of sp³-hybridized carbons (Fsp3) is 0.0714. The second kappa shape index (κ2) is 7.95. The van der Waals surface area contributed by atoms with Crippen LogP contribution >= 0.6 is 0 Å². The lowest BCUT2D eigenvalue weighted by Gasteiger charge is -2.10. The molecule has 0 amide bonds. The molecule has 0 aromatic heterocycles. The van der Waals surface area contributed by atoms with Crippen LogP contribution in [0.3, 0.4) is 0 Å². The van der Waals surface area contributed by atoms with Gasteiger partial charge in [0.25, 0.3) is 0 Å². The monoisotopic (exact) mass is 428 g/mol. The Morgan fingerprint density at radius 1 is 0.636 bits per heavy atom. The van der Waals surface area contributed by atoms with Gasteiger partial charge in [0.1, 0.15) is 5.70 Å². The zero-order valence-corrected chi connectivity index (χ0v) is 18.1. The summed E-state index contributed by atoms with van der Waals surface area (Å²) in [6.45, 7) is 2.53. The summed E-state index contributed by atoms with van der Waals surface area (Å²) in [5.41, 5.74) is 8.69. The van der Waals surface area contributed by atoms with E-state index in [1.807, 2.05) is 85.9 Å². The number of nitrogens with zero attached hydrogens (tertiary/aromatic N) is 4. The molecule has 0 N–H and O–H groups in total. The zero-order valence-electron chi connectivity index (χ0n) is 18.1. The number of allylic oxidation sites excluding steroid dienone is 11. The summed E-state index contributed by atoms with van der Waals surface area (Å²) < 4.78 is 6.14. The topological polar surface area (TPSA) is 58.7 Å². The lowest BCUT2D eigenvalue weighted by molar-refractivity contribution is 0.240. The predicted molar refractivity (Wildman–Crippen MR) is 134 cm³/mol. The van der Waals surface area contributed by atoms with Crippen LogP contribution in [0.4, 0.5) is 0 Å². The highest BCUT2D eigenvalue weighted by molar-refractivity contribution is 6.33. The summed E-state index contributed by atoms with van der Waals surface area (Å²) in [6, 6.07) is 10.2. The molecule has 5 aliphatic heterocycles. The van der Waals surface area contributed by atoms with Crippen LogP contribution < -0.4 is 0 Å². The molecule has 0 radical (unpaired) electrons. The first-order chi connectivity index (χ1) is 16.2. The van der Waals surface area contributed by atoms with Crippen molar-refractivity contribution in [2.45, 2.75) is 6.92 Å². The Morgan fingerprint density at radius 2 is 1.21 bits per heavy atom. The maximum Gasteiger partial charge on any atom is 0.154 e. The maximum atomic E-state index is 6.14. The first-order valence-electron chi connectivity index (χ1n) is 10.9. The molecule has 1 aromatic rings. The van der Waals surface area contributed by atoms with Crippen molar-refractivity contribution in [3.8, 4) is 0 Å². The van der Waals surface area contributed by atoms with E-state index in [9.17, 15) is 0 Å². The standard InChI is InChI=1S/C28H20N4O/c1-2-33-28-26-17-24-13-11-22(31-24)15-20-9-8-19(29-20)14-21-10-12-23(30-21)16-25(32-26)27(28)18-6-4-3-5-7-18/h3-17H,2H2,1H3. The third-order valence-electron chi connectivity index (χ3n) is 5.52. The average Bonchev–Trinajstić information content (AvgIpc) is 3.60. The maximum absolute atomic E-state index is 6.14. The van der Waals surface area contributed by atoms with Gasteiger partial charge in [0.15, 0.2) is 5.76 Å². The van der Waals surface area contributed by atoms with E-state index in [4.69, 9.17) is 19.7 Å². The van der Waals surface area contributed by atoms with Gasteiger partial charge in [0.05, 0.1) is 52.1 Å². The first-order valence-corrected chi connectivity index (χ1v) is 10.9. The van der Waals surface area contributed by atoms with Crippen molar-refractivity contribution in [2.24, 2.45) is 20.0 Å². The van der Waals surface area contributed by atoms with E-state index >= 15 is 0 Å². The molecule has 0 saturated carbocycles. The van der Waals surface area contributed by atoms with E-state index in [2.05, 4.69) is 17.1 Å². The Labute approximate surface area is 192 Å². The first kappa shape index (κ1) is 19.3. The van der Waals surface area contributed by atoms with Crippen LogP contribution in [0.15, 0.2) is 140 Å². The van der Waals surface area contributed by atoms with Gasteiger partial charge in [-0.1, -0.05) is 30.3 Å². The lowest BCUT2D eigenvalue weighted by Crippen LogP contribution is -2.01. The highest BCUT2D eigenvalue weighted by Crippen LogP contribution is 2.35. The minimum Gasteiger partial charge on any atom is -0.491 e. The molecule has 0 unspecified atom stereocenters. The summed E-state index contributed by atoms with van der Waals surface area (Å²) in [4.78, 5) is 19.1. The zero-order chi connectivity index (χ0) is 22.2. The molecule has 1 aromatic carbocycles. The molecule has 33 heavy (non-hydrogen) atoms. The Hall–Kier alpha value is -4.38. The van der Waals surface area contributed by atoms with Crippen LogP contribution in [0.2, 0.25) is 0 Å². The van der Waals surface area contributed by atoms with Crippen LogP contribution in [0.25, 0.3) is 5.57 Å². The van der Waals surface area contributed by atoms with Gasteiger partial charge >= 0.3 is 0 Å². The molecule has 6 rings (SSSR count). The molecule has 5 nitrogen and oxygen atoms in total. The van der Waals surface area contributed by atoms with Gasteiger partial charge in [-0.3, -0.25) is 0 Å². The second-order valence-electron chi connectivity index (χ2n) is 7.85. The molecule has 0 aliphatic carbocycles. The number of ether oxygens (including phenoxy) is 1. The summed E-state index contributed by atoms with van der Waals surface area (Å²) in [5, 5.41) is 0. The molecule has 5 heterocycles. The highest BCUT2D eigenvalue weighted by atomic mass is 16.5. The van der Waals surface area contributed by atoms with Crippen LogP contribution in [-0.4, -0.2) is 29.5 Å². The number of hydrogen-bond donors (Lipinski definition) is 0. The van der Waals surface area contributed by atoms with E-state index in [0.29, 0.717) is 6.61 Å². The number of rotatable bonds is 3. The quantitative estimate of drug-likeness (QED) is 0.630. The molecule has 5 aliphatic rings. The van der Waals surface area contributed by atoms with Crippen molar-refractivity contribution in [2.75, 3.05) is 6.61 Å². The molecule has 158 valence electrons. The summed E-state index contributed by atoms with van der Waals surface area (Å²) >= 11 is 0. The minimum atomic E-state index is 0.539. The van der Waals surface area contributed by atoms with E-state index in [0.717, 1.165) is 62.5 Å². The van der Waals surface area contributed by atoms with Crippen LogP contribution in [0.5, 0.6) is 0 Å². The SMILES string of the molecule is CCOC1=C(c2ccccc2)C2=NC1=CC1=NC(=CC3=NC(=CC4=NC(=C2)C=C4)C=C3)C=C1. The highest BCUT2D eigenvalue weighted by Gasteiger charge is 2.26. The van der Waals surface area contributed by atoms with Crippen molar-refractivity contribution in [1.82, 2.24) is 0 Å². The minimum absolute atomic E-state index is 0.539. The summed E-state index contributed by atoms with van der Waals surface area (Å²) in [5.74, 6) is 0.757. The third kappa shape index (κ3) is 3.74. The number of benzene rings is 1. The molecule has 0 fully saturated rings. The Morgan fingerprint density at radius 3 is 1.82 bits per heavy atom. The van der Waals surface area contributed by atoms with Gasteiger partial charge in [0.2, 0.25) is 0 Å². The van der Waals surface area contributed by atoms with Crippen molar-refractivity contribution in [3.05, 3.63) is 125 Å². The molecule has 8 bridgehead atoms. The third-order valence-corrected chi connectivity index (χ3v) is 5.52. The second-order valence-corrected chi connectivity index (χ2v) is 7.85. The fourth-order valence-electron chi connectivity index (χ4n) is 4.11. The van der Waals surface area contributed by atoms with Crippen LogP contribution in [0, 0.1) is 0 Å². The van der Waals surface area contributed by atoms with Crippen molar-refractivity contribution < 1.29 is 4.74 Å². The predicted octanol–water partition coefficient (Wildman–Crippen LogP) is 5.47. The van der Waals surface area contributed by atoms with Crippen LogP contribution in [0.1, 0.15) is 12.5 Å². The van der Waals surface area contributed by atoms with E-state index in [-0.39, 0.29) is 0 Å². The molecular weight excluding hydrogens is 408 g/mol. The smallest absolute Gasteiger partial charge is 0.154 e. The summed E-state index contributed by atoms with van der Waals surface area (Å²) in [7, 11) is 0. The Balaban J connectivity index is 1.56. The molecule has 0 spiro atoms. The van der Waals surface area contributed by atoms with Gasteiger partial charge in [-0.15, -0.1) is 0 Å². The van der Waals surface area contributed by atoms with Gasteiger partial charge in [-0.25, -0.2) is 20.0 Å². The van der Waals surface area contributed by atoms with Crippen molar-refractivity contribution in [3.63, 3.8) is 0 Å². The van der Waals surface area contributed by atoms with Crippen molar-refractivity contribution >= 4 is 28.4 Å². The molecule has 0 atom stereocenters. The van der Waals surface area contributed by atoms with Crippen LogP contribution in [-0.2, 0) is 4.74 Å². The number of hydrogen-bond acceptors (Lipinski definition) is 5. The van der Waals surface area contributed by atoms with E-state index in [1.165, 1.54) is 0 Å². The number of fused-ring (bicyclic) bond motifs is 4. The fourth-order valence-corrected chi connectivity index (χ4v) is 4.11. The normalized spacial score (nSPS) is 20.2. The van der Waals surface area contributed by atoms with Gasteiger partial charge in [-0.2, -0.15) is 0 Å². The van der Waals surface area contributed by atoms with E-state index in [1.54, 1.807) is 0 Å². The largest absolute Gasteiger partial charge is 0.491 e. The Bertz CT molecular complexity index is 1430. The van der Waals surface area contributed by atoms with Crippen molar-refractivity contribution in [1.29, 1.82) is 0 Å². The van der Waals surface area contributed by atoms with Gasteiger partial charge < -0.3 is 4.74 Å². The molecular formula is C28H20N4O.